The summed E-state index contributed by atoms with van der Waals surface area (Å²) in [5, 5.41) is 0. The summed E-state index contributed by atoms with van der Waals surface area (Å²) in [7, 11) is 0. The Balaban J connectivity index is 2.57. The summed E-state index contributed by atoms with van der Waals surface area (Å²) < 4.78 is 11.1. The van der Waals surface area contributed by atoms with Crippen LogP contribution in [-0.2, 0) is 0 Å². The summed E-state index contributed by atoms with van der Waals surface area (Å²) in [5.41, 5.74) is 0.182. The Bertz CT molecular complexity index is 300. The Kier molecular flexibility index (Phi) is 4.01. The van der Waals surface area contributed by atoms with Gasteiger partial charge in [0.2, 0.25) is 0 Å². The molecular formula is C13H20O2. The molecule has 0 aliphatic heterocycles. The highest BCUT2D eigenvalue weighted by Gasteiger charge is 2.11. The van der Waals surface area contributed by atoms with Gasteiger partial charge in [0.1, 0.15) is 11.5 Å². The number of hydrogen-bond acceptors (Lipinski definition) is 2. The fraction of sp³-hybridized carbons (Fsp3) is 0.538. The van der Waals surface area contributed by atoms with Crippen molar-refractivity contribution in [2.75, 3.05) is 13.2 Å². The molecule has 0 N–H and O–H groups in total. The molecule has 0 aliphatic rings. The highest BCUT2D eigenvalue weighted by molar-refractivity contribution is 5.32. The van der Waals surface area contributed by atoms with Gasteiger partial charge in [0.25, 0.3) is 0 Å². The van der Waals surface area contributed by atoms with E-state index in [0.29, 0.717) is 13.2 Å². The molecule has 0 aromatic heterocycles. The molecule has 2 heteroatoms. The summed E-state index contributed by atoms with van der Waals surface area (Å²) in [6.45, 7) is 9.83. The molecule has 0 amide bonds. The lowest BCUT2D eigenvalue weighted by atomic mass is 9.99. The highest BCUT2D eigenvalue weighted by atomic mass is 16.5. The molecule has 1 rings (SSSR count). The Hall–Kier alpha value is -1.18. The molecule has 0 heterocycles. The molecule has 2 nitrogen and oxygen atoms in total. The third-order valence-electron chi connectivity index (χ3n) is 1.79. The van der Waals surface area contributed by atoms with Crippen molar-refractivity contribution in [1.82, 2.24) is 0 Å². The average Bonchev–Trinajstić information content (AvgIpc) is 2.15. The first-order chi connectivity index (χ1) is 7.01. The minimum Gasteiger partial charge on any atom is -0.494 e. The lowest BCUT2D eigenvalue weighted by molar-refractivity contribution is 0.197. The minimum atomic E-state index is 0.182. The van der Waals surface area contributed by atoms with Gasteiger partial charge in [0, 0.05) is 6.07 Å². The molecule has 0 bridgehead atoms. The summed E-state index contributed by atoms with van der Waals surface area (Å²) in [5.74, 6) is 1.74. The molecule has 0 saturated carbocycles. The zero-order valence-electron chi connectivity index (χ0n) is 10.0. The van der Waals surface area contributed by atoms with Gasteiger partial charge in [0.15, 0.2) is 0 Å². The Labute approximate surface area is 92.2 Å². The predicted octanol–water partition coefficient (Wildman–Crippen LogP) is 3.51. The van der Waals surface area contributed by atoms with E-state index in [-0.39, 0.29) is 5.41 Å². The van der Waals surface area contributed by atoms with Crippen LogP contribution in [0.4, 0.5) is 0 Å². The third-order valence-corrected chi connectivity index (χ3v) is 1.79. The van der Waals surface area contributed by atoms with Gasteiger partial charge in [-0.25, -0.2) is 0 Å². The monoisotopic (exact) mass is 208 g/mol. The van der Waals surface area contributed by atoms with Crippen molar-refractivity contribution in [3.8, 4) is 11.5 Å². The number of ether oxygens (including phenoxy) is 2. The van der Waals surface area contributed by atoms with Gasteiger partial charge in [0.05, 0.1) is 13.2 Å². The molecule has 0 saturated heterocycles. The lowest BCUT2D eigenvalue weighted by Crippen LogP contribution is -2.16. The van der Waals surface area contributed by atoms with Crippen LogP contribution in [0.2, 0.25) is 0 Å². The van der Waals surface area contributed by atoms with E-state index in [1.807, 2.05) is 31.2 Å². The van der Waals surface area contributed by atoms with E-state index < -0.39 is 0 Å². The van der Waals surface area contributed by atoms with Crippen LogP contribution in [0.25, 0.3) is 0 Å². The van der Waals surface area contributed by atoms with Crippen LogP contribution in [0.15, 0.2) is 24.3 Å². The van der Waals surface area contributed by atoms with Gasteiger partial charge in [-0.15, -0.1) is 0 Å². The summed E-state index contributed by atoms with van der Waals surface area (Å²) >= 11 is 0. The third kappa shape index (κ3) is 4.73. The maximum absolute atomic E-state index is 5.68. The van der Waals surface area contributed by atoms with Gasteiger partial charge < -0.3 is 9.47 Å². The van der Waals surface area contributed by atoms with Crippen molar-refractivity contribution in [3.05, 3.63) is 24.3 Å². The van der Waals surface area contributed by atoms with Crippen LogP contribution in [0.1, 0.15) is 27.7 Å². The zero-order valence-corrected chi connectivity index (χ0v) is 10.0. The average molecular weight is 208 g/mol. The molecule has 0 aliphatic carbocycles. The number of rotatable bonds is 4. The van der Waals surface area contributed by atoms with Gasteiger partial charge in [-0.2, -0.15) is 0 Å². The summed E-state index contributed by atoms with van der Waals surface area (Å²) in [6, 6.07) is 7.76. The van der Waals surface area contributed by atoms with Gasteiger partial charge >= 0.3 is 0 Å². The molecule has 0 radical (unpaired) electrons. The van der Waals surface area contributed by atoms with Crippen LogP contribution in [0, 0.1) is 5.41 Å². The molecule has 1 aromatic rings. The van der Waals surface area contributed by atoms with E-state index in [4.69, 9.17) is 9.47 Å². The molecular weight excluding hydrogens is 188 g/mol. The van der Waals surface area contributed by atoms with Crippen LogP contribution >= 0.6 is 0 Å². The second kappa shape index (κ2) is 5.06. The molecule has 0 fully saturated rings. The SMILES string of the molecule is CCOc1cccc(OCC(C)(C)C)c1. The first-order valence-electron chi connectivity index (χ1n) is 5.37. The van der Waals surface area contributed by atoms with Crippen LogP contribution in [-0.4, -0.2) is 13.2 Å². The maximum atomic E-state index is 5.68. The smallest absolute Gasteiger partial charge is 0.123 e. The second-order valence-electron chi connectivity index (χ2n) is 4.76. The molecule has 1 aromatic carbocycles. The topological polar surface area (TPSA) is 18.5 Å². The van der Waals surface area contributed by atoms with E-state index in [9.17, 15) is 0 Å². The van der Waals surface area contributed by atoms with Gasteiger partial charge in [-0.1, -0.05) is 26.8 Å². The van der Waals surface area contributed by atoms with Crippen molar-refractivity contribution >= 4 is 0 Å². The highest BCUT2D eigenvalue weighted by Crippen LogP contribution is 2.22. The molecule has 0 atom stereocenters. The fourth-order valence-electron chi connectivity index (χ4n) is 1.12. The predicted molar refractivity (Wildman–Crippen MR) is 62.6 cm³/mol. The minimum absolute atomic E-state index is 0.182. The number of benzene rings is 1. The maximum Gasteiger partial charge on any atom is 0.123 e. The standard InChI is InChI=1S/C13H20O2/c1-5-14-11-7-6-8-12(9-11)15-10-13(2,3)4/h6-9H,5,10H2,1-4H3. The van der Waals surface area contributed by atoms with Crippen molar-refractivity contribution in [3.63, 3.8) is 0 Å². The molecule has 0 unspecified atom stereocenters. The largest absolute Gasteiger partial charge is 0.494 e. The van der Waals surface area contributed by atoms with Crippen molar-refractivity contribution in [1.29, 1.82) is 0 Å². The quantitative estimate of drug-likeness (QED) is 0.753. The van der Waals surface area contributed by atoms with E-state index in [0.717, 1.165) is 11.5 Å². The Morgan fingerprint density at radius 3 is 2.20 bits per heavy atom. The molecule has 84 valence electrons. The lowest BCUT2D eigenvalue weighted by Gasteiger charge is -2.19. The Morgan fingerprint density at radius 2 is 1.67 bits per heavy atom. The summed E-state index contributed by atoms with van der Waals surface area (Å²) in [6.07, 6.45) is 0. The molecule has 0 spiro atoms. The first kappa shape index (κ1) is 11.9. The normalized spacial score (nSPS) is 11.2. The van der Waals surface area contributed by atoms with Crippen LogP contribution in [0.5, 0.6) is 11.5 Å². The first-order valence-corrected chi connectivity index (χ1v) is 5.37. The fourth-order valence-corrected chi connectivity index (χ4v) is 1.12. The van der Waals surface area contributed by atoms with E-state index in [1.165, 1.54) is 0 Å². The Morgan fingerprint density at radius 1 is 1.07 bits per heavy atom. The van der Waals surface area contributed by atoms with Crippen molar-refractivity contribution in [2.45, 2.75) is 27.7 Å². The van der Waals surface area contributed by atoms with Gasteiger partial charge in [-0.05, 0) is 24.5 Å². The summed E-state index contributed by atoms with van der Waals surface area (Å²) in [4.78, 5) is 0. The van der Waals surface area contributed by atoms with Crippen LogP contribution < -0.4 is 9.47 Å². The van der Waals surface area contributed by atoms with Crippen molar-refractivity contribution < 1.29 is 9.47 Å². The zero-order chi connectivity index (χ0) is 11.3. The number of hydrogen-bond donors (Lipinski definition) is 0. The van der Waals surface area contributed by atoms with E-state index >= 15 is 0 Å². The van der Waals surface area contributed by atoms with Crippen molar-refractivity contribution in [2.24, 2.45) is 5.41 Å². The van der Waals surface area contributed by atoms with E-state index in [1.54, 1.807) is 0 Å². The van der Waals surface area contributed by atoms with Gasteiger partial charge in [-0.3, -0.25) is 0 Å². The molecule has 15 heavy (non-hydrogen) atoms. The van der Waals surface area contributed by atoms with E-state index in [2.05, 4.69) is 20.8 Å². The second-order valence-corrected chi connectivity index (χ2v) is 4.76. The van der Waals surface area contributed by atoms with Crippen LogP contribution in [0.3, 0.4) is 0 Å².